The highest BCUT2D eigenvalue weighted by molar-refractivity contribution is 5.42. The first-order valence-corrected chi connectivity index (χ1v) is 6.83. The molecular formula is C15H16N2O3. The molecule has 1 saturated carbocycles. The lowest BCUT2D eigenvalue weighted by molar-refractivity contribution is -0.384. The molecule has 0 radical (unpaired) electrons. The predicted molar refractivity (Wildman–Crippen MR) is 72.1 cm³/mol. The molecule has 1 aromatic carbocycles. The summed E-state index contributed by atoms with van der Waals surface area (Å²) in [6, 6.07) is 8.88. The van der Waals surface area contributed by atoms with Crippen LogP contribution in [0.25, 0.3) is 0 Å². The zero-order valence-corrected chi connectivity index (χ0v) is 11.2. The standard InChI is InChI=1S/C15H16N2O3/c16-11-15(9-14(10-15)5-7-20-8-6-14)12-1-3-13(4-2-12)17(18)19/h1-4H,5-10H2. The molecule has 0 amide bonds. The van der Waals surface area contributed by atoms with Crippen LogP contribution in [0.4, 0.5) is 5.69 Å². The summed E-state index contributed by atoms with van der Waals surface area (Å²) in [6.45, 7) is 1.56. The van der Waals surface area contributed by atoms with Crippen molar-refractivity contribution in [1.82, 2.24) is 0 Å². The van der Waals surface area contributed by atoms with Crippen molar-refractivity contribution < 1.29 is 9.66 Å². The van der Waals surface area contributed by atoms with E-state index in [-0.39, 0.29) is 11.1 Å². The van der Waals surface area contributed by atoms with Gasteiger partial charge in [0.2, 0.25) is 0 Å². The van der Waals surface area contributed by atoms with Gasteiger partial charge in [-0.25, -0.2) is 0 Å². The summed E-state index contributed by atoms with van der Waals surface area (Å²) in [5.41, 5.74) is 0.757. The first-order chi connectivity index (χ1) is 9.59. The van der Waals surface area contributed by atoms with Crippen LogP contribution >= 0.6 is 0 Å². The number of rotatable bonds is 2. The Hall–Kier alpha value is -1.93. The normalized spacial score (nSPS) is 22.8. The molecule has 1 saturated heterocycles. The molecule has 104 valence electrons. The second-order valence-electron chi connectivity index (χ2n) is 5.96. The van der Waals surface area contributed by atoms with Crippen molar-refractivity contribution in [3.63, 3.8) is 0 Å². The molecule has 0 N–H and O–H groups in total. The monoisotopic (exact) mass is 272 g/mol. The van der Waals surface area contributed by atoms with E-state index in [9.17, 15) is 15.4 Å². The van der Waals surface area contributed by atoms with Gasteiger partial charge < -0.3 is 4.74 Å². The van der Waals surface area contributed by atoms with Gasteiger partial charge in [0.05, 0.1) is 16.4 Å². The lowest BCUT2D eigenvalue weighted by Crippen LogP contribution is -2.51. The van der Waals surface area contributed by atoms with Crippen molar-refractivity contribution in [2.75, 3.05) is 13.2 Å². The Bertz CT molecular complexity index is 560. The molecular weight excluding hydrogens is 256 g/mol. The van der Waals surface area contributed by atoms with Gasteiger partial charge in [0.15, 0.2) is 0 Å². The van der Waals surface area contributed by atoms with E-state index in [2.05, 4.69) is 6.07 Å². The minimum Gasteiger partial charge on any atom is -0.381 e. The molecule has 1 aliphatic heterocycles. The van der Waals surface area contributed by atoms with E-state index < -0.39 is 10.3 Å². The molecule has 20 heavy (non-hydrogen) atoms. The maximum Gasteiger partial charge on any atom is 0.269 e. The SMILES string of the molecule is N#CC1(c2ccc([N+](=O)[O-])cc2)CC2(CCOCC2)C1. The van der Waals surface area contributed by atoms with E-state index >= 15 is 0 Å². The van der Waals surface area contributed by atoms with Crippen LogP contribution in [-0.4, -0.2) is 18.1 Å². The summed E-state index contributed by atoms with van der Waals surface area (Å²) in [5.74, 6) is 0. The van der Waals surface area contributed by atoms with Crippen molar-refractivity contribution in [3.8, 4) is 6.07 Å². The summed E-state index contributed by atoms with van der Waals surface area (Å²) >= 11 is 0. The second-order valence-corrected chi connectivity index (χ2v) is 5.96. The molecule has 3 rings (SSSR count). The highest BCUT2D eigenvalue weighted by Crippen LogP contribution is 2.60. The minimum absolute atomic E-state index is 0.0712. The van der Waals surface area contributed by atoms with E-state index in [1.165, 1.54) is 12.1 Å². The van der Waals surface area contributed by atoms with Crippen molar-refractivity contribution >= 4 is 5.69 Å². The number of nitro groups is 1. The number of hydrogen-bond acceptors (Lipinski definition) is 4. The van der Waals surface area contributed by atoms with Gasteiger partial charge in [-0.2, -0.15) is 5.26 Å². The van der Waals surface area contributed by atoms with E-state index in [0.29, 0.717) is 0 Å². The van der Waals surface area contributed by atoms with Gasteiger partial charge in [-0.15, -0.1) is 0 Å². The molecule has 0 unspecified atom stereocenters. The fourth-order valence-corrected chi connectivity index (χ4v) is 3.64. The van der Waals surface area contributed by atoms with Crippen molar-refractivity contribution in [3.05, 3.63) is 39.9 Å². The van der Waals surface area contributed by atoms with Gasteiger partial charge in [-0.3, -0.25) is 10.1 Å². The topological polar surface area (TPSA) is 76.2 Å². The molecule has 1 aliphatic carbocycles. The van der Waals surface area contributed by atoms with Crippen molar-refractivity contribution in [2.45, 2.75) is 31.1 Å². The van der Waals surface area contributed by atoms with Crippen LogP contribution in [0.2, 0.25) is 0 Å². The smallest absolute Gasteiger partial charge is 0.269 e. The first kappa shape index (κ1) is 13.1. The minimum atomic E-state index is -0.466. The van der Waals surface area contributed by atoms with Gasteiger partial charge in [0.1, 0.15) is 0 Å². The highest BCUT2D eigenvalue weighted by atomic mass is 16.6. The number of nitro benzene ring substituents is 1. The first-order valence-electron chi connectivity index (χ1n) is 6.83. The molecule has 2 fully saturated rings. The third kappa shape index (κ3) is 1.97. The van der Waals surface area contributed by atoms with Crippen molar-refractivity contribution in [2.24, 2.45) is 5.41 Å². The summed E-state index contributed by atoms with van der Waals surface area (Å²) in [4.78, 5) is 10.3. The average Bonchev–Trinajstić information content (AvgIpc) is 2.45. The Balaban J connectivity index is 1.81. The van der Waals surface area contributed by atoms with Crippen LogP contribution in [0.5, 0.6) is 0 Å². The van der Waals surface area contributed by atoms with Gasteiger partial charge >= 0.3 is 0 Å². The van der Waals surface area contributed by atoms with Gasteiger partial charge in [-0.05, 0) is 36.7 Å². The third-order valence-corrected chi connectivity index (χ3v) is 4.75. The predicted octanol–water partition coefficient (Wildman–Crippen LogP) is 2.95. The lowest BCUT2D eigenvalue weighted by atomic mass is 9.48. The Kier molecular flexibility index (Phi) is 2.98. The van der Waals surface area contributed by atoms with Gasteiger partial charge in [0.25, 0.3) is 5.69 Å². The maximum atomic E-state index is 10.7. The largest absolute Gasteiger partial charge is 0.381 e. The molecule has 5 heteroatoms. The summed E-state index contributed by atoms with van der Waals surface area (Å²) in [5, 5.41) is 20.3. The summed E-state index contributed by atoms with van der Waals surface area (Å²) in [7, 11) is 0. The zero-order valence-electron chi connectivity index (χ0n) is 11.2. The fourth-order valence-electron chi connectivity index (χ4n) is 3.64. The summed E-state index contributed by atoms with van der Waals surface area (Å²) in [6.07, 6.45) is 3.72. The Morgan fingerprint density at radius 3 is 2.30 bits per heavy atom. The third-order valence-electron chi connectivity index (χ3n) is 4.75. The van der Waals surface area contributed by atoms with Crippen LogP contribution < -0.4 is 0 Å². The van der Waals surface area contributed by atoms with E-state index in [0.717, 1.165) is 44.5 Å². The Morgan fingerprint density at radius 1 is 1.20 bits per heavy atom. The number of ether oxygens (including phenoxy) is 1. The van der Waals surface area contributed by atoms with Gasteiger partial charge in [0, 0.05) is 25.3 Å². The lowest BCUT2D eigenvalue weighted by Gasteiger charge is -2.54. The zero-order chi connectivity index (χ0) is 14.2. The van der Waals surface area contributed by atoms with Crippen LogP contribution in [-0.2, 0) is 10.2 Å². The molecule has 1 heterocycles. The molecule has 2 aliphatic rings. The molecule has 0 atom stereocenters. The average molecular weight is 272 g/mol. The highest BCUT2D eigenvalue weighted by Gasteiger charge is 2.55. The number of benzene rings is 1. The molecule has 0 bridgehead atoms. The van der Waals surface area contributed by atoms with Crippen LogP contribution in [0.15, 0.2) is 24.3 Å². The van der Waals surface area contributed by atoms with Crippen LogP contribution in [0.3, 0.4) is 0 Å². The molecule has 1 aromatic rings. The van der Waals surface area contributed by atoms with Gasteiger partial charge in [-0.1, -0.05) is 12.1 Å². The molecule has 0 aromatic heterocycles. The van der Waals surface area contributed by atoms with E-state index in [4.69, 9.17) is 4.74 Å². The molecule has 5 nitrogen and oxygen atoms in total. The fraction of sp³-hybridized carbons (Fsp3) is 0.533. The number of hydrogen-bond donors (Lipinski definition) is 0. The van der Waals surface area contributed by atoms with Crippen LogP contribution in [0, 0.1) is 26.9 Å². The maximum absolute atomic E-state index is 10.7. The second kappa shape index (κ2) is 4.57. The quantitative estimate of drug-likeness (QED) is 0.612. The number of nitriles is 1. The number of non-ortho nitro benzene ring substituents is 1. The van der Waals surface area contributed by atoms with Crippen molar-refractivity contribution in [1.29, 1.82) is 5.26 Å². The van der Waals surface area contributed by atoms with Crippen LogP contribution in [0.1, 0.15) is 31.2 Å². The number of nitrogens with zero attached hydrogens (tertiary/aromatic N) is 2. The Morgan fingerprint density at radius 2 is 1.80 bits per heavy atom. The van der Waals surface area contributed by atoms with E-state index in [1.807, 2.05) is 0 Å². The summed E-state index contributed by atoms with van der Waals surface area (Å²) < 4.78 is 5.39. The Labute approximate surface area is 117 Å². The van der Waals surface area contributed by atoms with E-state index in [1.54, 1.807) is 12.1 Å². The molecule has 1 spiro atoms.